The third-order valence-electron chi connectivity index (χ3n) is 5.60. The fraction of sp³-hybridized carbons (Fsp3) is 0.480. The molecule has 0 saturated carbocycles. The molecule has 0 spiro atoms. The number of hydrogen-bond donors (Lipinski definition) is 0. The van der Waals surface area contributed by atoms with Gasteiger partial charge in [0.05, 0.1) is 12.2 Å². The second-order valence-electron chi connectivity index (χ2n) is 7.92. The molecule has 0 saturated heterocycles. The molecule has 1 radical (unpaired) electrons. The predicted octanol–water partition coefficient (Wildman–Crippen LogP) is 6.04. The van der Waals surface area contributed by atoms with Gasteiger partial charge in [-0.25, -0.2) is 0 Å². The Balaban J connectivity index is 0.00000450. The minimum absolute atomic E-state index is 0. The molecule has 2 aromatic rings. The molecule has 5 heteroatoms. The van der Waals surface area contributed by atoms with Crippen LogP contribution in [0.5, 0.6) is 11.5 Å². The summed E-state index contributed by atoms with van der Waals surface area (Å²) in [7, 11) is 0.0145. The summed E-state index contributed by atoms with van der Waals surface area (Å²) < 4.78 is 12.1. The Morgan fingerprint density at radius 2 is 1.50 bits per heavy atom. The molecule has 0 bridgehead atoms. The van der Waals surface area contributed by atoms with Crippen molar-refractivity contribution in [2.75, 3.05) is 0 Å². The zero-order valence-electron chi connectivity index (χ0n) is 20.1. The van der Waals surface area contributed by atoms with Crippen LogP contribution < -0.4 is 14.8 Å². The third kappa shape index (κ3) is 6.62. The van der Waals surface area contributed by atoms with Gasteiger partial charge in [0.2, 0.25) is 0 Å². The first kappa shape index (κ1) is 26.8. The van der Waals surface area contributed by atoms with E-state index in [0.29, 0.717) is 0 Å². The molecule has 30 heavy (non-hydrogen) atoms. The van der Waals surface area contributed by atoms with Crippen molar-refractivity contribution in [2.45, 2.75) is 80.4 Å². The van der Waals surface area contributed by atoms with Crippen LogP contribution in [-0.4, -0.2) is 36.6 Å². The number of rotatable bonds is 9. The maximum atomic E-state index is 13.3. The largest absolute Gasteiger partial charge is 0.491 e. The number of hydrogen-bond acceptors (Lipinski definition) is 3. The van der Waals surface area contributed by atoms with Crippen LogP contribution in [-0.2, 0) is 0 Å². The molecule has 0 aromatic heterocycles. The minimum Gasteiger partial charge on any atom is -0.491 e. The molecular weight excluding hydrogens is 386 g/mol. The quantitative estimate of drug-likeness (QED) is 0.366. The fourth-order valence-electron chi connectivity index (χ4n) is 3.21. The van der Waals surface area contributed by atoms with E-state index in [1.807, 2.05) is 32.0 Å². The monoisotopic (exact) mass is 421 g/mol. The van der Waals surface area contributed by atoms with Crippen LogP contribution >= 0.6 is 8.58 Å². The standard InChI is InChI=1S/C25H35O3P.Li/c1-9-17(5)27-21-11-12-23(22(14-21)28-18(6)10-2)29-25(26)24-16(4)13-15(3)19(7)20(24)8;/h11-14,17-18,29H,9-10H2,1-8H3;. The van der Waals surface area contributed by atoms with Gasteiger partial charge in [0.1, 0.15) is 11.5 Å². The normalized spacial score (nSPS) is 13.1. The Morgan fingerprint density at radius 1 is 0.900 bits per heavy atom. The van der Waals surface area contributed by atoms with Crippen molar-refractivity contribution < 1.29 is 14.3 Å². The molecule has 0 fully saturated rings. The summed E-state index contributed by atoms with van der Waals surface area (Å²) in [6.07, 6.45) is 2.07. The van der Waals surface area contributed by atoms with Crippen LogP contribution in [0.4, 0.5) is 0 Å². The first-order valence-corrected chi connectivity index (χ1v) is 11.5. The van der Waals surface area contributed by atoms with Crippen LogP contribution in [0.3, 0.4) is 0 Å². The van der Waals surface area contributed by atoms with Crippen LogP contribution in [0, 0.1) is 27.7 Å². The second kappa shape index (κ2) is 11.9. The summed E-state index contributed by atoms with van der Waals surface area (Å²) in [4.78, 5) is 13.3. The summed E-state index contributed by atoms with van der Waals surface area (Å²) in [5, 5.41) is 0.934. The molecule has 3 unspecified atom stereocenters. The smallest absolute Gasteiger partial charge is 0.186 e. The number of aryl methyl sites for hydroxylation is 2. The van der Waals surface area contributed by atoms with Gasteiger partial charge in [-0.3, -0.25) is 4.79 Å². The Bertz CT molecular complexity index is 879. The zero-order valence-corrected chi connectivity index (χ0v) is 21.1. The first-order valence-electron chi connectivity index (χ1n) is 10.5. The van der Waals surface area contributed by atoms with Gasteiger partial charge in [-0.2, -0.15) is 0 Å². The second-order valence-corrected chi connectivity index (χ2v) is 9.16. The maximum absolute atomic E-state index is 13.3. The number of ether oxygens (including phenoxy) is 2. The van der Waals surface area contributed by atoms with E-state index in [1.54, 1.807) is 0 Å². The van der Waals surface area contributed by atoms with E-state index in [9.17, 15) is 4.79 Å². The fourth-order valence-corrected chi connectivity index (χ4v) is 4.39. The third-order valence-corrected chi connectivity index (χ3v) is 6.76. The van der Waals surface area contributed by atoms with Gasteiger partial charge in [0.25, 0.3) is 0 Å². The molecule has 0 amide bonds. The molecule has 0 aliphatic heterocycles. The molecular formula is C25H35LiO3P. The molecule has 0 N–H and O–H groups in total. The van der Waals surface area contributed by atoms with Crippen molar-refractivity contribution in [1.82, 2.24) is 0 Å². The van der Waals surface area contributed by atoms with Crippen LogP contribution in [0.15, 0.2) is 24.3 Å². The number of carbonyl (C=O) groups excluding carboxylic acids is 1. The van der Waals surface area contributed by atoms with Crippen molar-refractivity contribution >= 4 is 38.3 Å². The van der Waals surface area contributed by atoms with Gasteiger partial charge in [0, 0.05) is 35.8 Å². The van der Waals surface area contributed by atoms with Gasteiger partial charge in [0.15, 0.2) is 5.52 Å². The topological polar surface area (TPSA) is 35.5 Å². The zero-order chi connectivity index (χ0) is 21.7. The molecule has 2 rings (SSSR count). The Labute approximate surface area is 196 Å². The van der Waals surface area contributed by atoms with E-state index in [0.717, 1.165) is 46.3 Å². The molecule has 0 heterocycles. The number of carbonyl (C=O) groups is 1. The molecule has 159 valence electrons. The summed E-state index contributed by atoms with van der Waals surface area (Å²) in [6.45, 7) is 16.6. The van der Waals surface area contributed by atoms with Crippen molar-refractivity contribution in [1.29, 1.82) is 0 Å². The van der Waals surface area contributed by atoms with Gasteiger partial charge in [-0.15, -0.1) is 0 Å². The van der Waals surface area contributed by atoms with Crippen molar-refractivity contribution in [3.63, 3.8) is 0 Å². The maximum Gasteiger partial charge on any atom is 0.186 e. The summed E-state index contributed by atoms with van der Waals surface area (Å²) in [5.41, 5.74) is 5.56. The van der Waals surface area contributed by atoms with Crippen molar-refractivity contribution in [2.24, 2.45) is 0 Å². The SMILES string of the molecule is CCC(C)Oc1ccc(PC(=O)c2c(C)cc(C)c(C)c2C)c(OC(C)CC)c1.[Li]. The van der Waals surface area contributed by atoms with Gasteiger partial charge in [-0.1, -0.05) is 19.9 Å². The molecule has 3 nitrogen and oxygen atoms in total. The Morgan fingerprint density at radius 3 is 2.10 bits per heavy atom. The van der Waals surface area contributed by atoms with Gasteiger partial charge < -0.3 is 9.47 Å². The van der Waals surface area contributed by atoms with Crippen LogP contribution in [0.2, 0.25) is 0 Å². The average Bonchev–Trinajstić information content (AvgIpc) is 2.67. The van der Waals surface area contributed by atoms with E-state index < -0.39 is 0 Å². The van der Waals surface area contributed by atoms with E-state index in [1.165, 1.54) is 11.1 Å². The van der Waals surface area contributed by atoms with Crippen molar-refractivity contribution in [3.05, 3.63) is 52.1 Å². The molecule has 0 aliphatic rings. The summed E-state index contributed by atoms with van der Waals surface area (Å²) in [6, 6.07) is 7.98. The van der Waals surface area contributed by atoms with Gasteiger partial charge >= 0.3 is 0 Å². The minimum atomic E-state index is 0. The first-order chi connectivity index (χ1) is 13.7. The van der Waals surface area contributed by atoms with E-state index >= 15 is 0 Å². The Hall–Kier alpha value is -1.26. The van der Waals surface area contributed by atoms with Crippen molar-refractivity contribution in [3.8, 4) is 11.5 Å². The predicted molar refractivity (Wildman–Crippen MR) is 131 cm³/mol. The summed E-state index contributed by atoms with van der Waals surface area (Å²) in [5.74, 6) is 1.54. The molecule has 0 aliphatic carbocycles. The van der Waals surface area contributed by atoms with E-state index in [-0.39, 0.29) is 45.2 Å². The van der Waals surface area contributed by atoms with E-state index in [4.69, 9.17) is 9.47 Å². The van der Waals surface area contributed by atoms with Gasteiger partial charge in [-0.05, 0) is 97.4 Å². The summed E-state index contributed by atoms with van der Waals surface area (Å²) >= 11 is 0. The van der Waals surface area contributed by atoms with E-state index in [2.05, 4.69) is 47.6 Å². The average molecular weight is 421 g/mol. The van der Waals surface area contributed by atoms with Crippen LogP contribution in [0.1, 0.15) is 73.1 Å². The molecule has 3 atom stereocenters. The Kier molecular flexibility index (Phi) is 10.7. The molecule has 2 aromatic carbocycles. The van der Waals surface area contributed by atoms with Crippen LogP contribution in [0.25, 0.3) is 0 Å². The number of benzene rings is 2.